The molecule has 1 fully saturated rings. The molecule has 0 saturated carbocycles. The number of amides is 2. The van der Waals surface area contributed by atoms with E-state index in [4.69, 9.17) is 26.9 Å². The highest BCUT2D eigenvalue weighted by Crippen LogP contribution is 2.32. The first-order valence-corrected chi connectivity index (χ1v) is 13.0. The molecule has 1 heterocycles. The lowest BCUT2D eigenvalue weighted by Gasteiger charge is -2.41. The lowest BCUT2D eigenvalue weighted by Crippen LogP contribution is -2.59. The maximum Gasteiger partial charge on any atom is 0.387 e. The molecule has 2 aromatic carbocycles. The van der Waals surface area contributed by atoms with E-state index >= 15 is 0 Å². The minimum Gasteiger partial charge on any atom is -0.447 e. The van der Waals surface area contributed by atoms with E-state index in [9.17, 15) is 23.2 Å². The molecule has 1 saturated heterocycles. The number of likely N-dealkylation sites (tertiary alicyclic amines) is 1. The Morgan fingerprint density at radius 2 is 1.88 bits per heavy atom. The number of amidine groups is 1. The summed E-state index contributed by atoms with van der Waals surface area (Å²) in [6, 6.07) is 9.83. The van der Waals surface area contributed by atoms with Crippen molar-refractivity contribution in [2.24, 2.45) is 16.8 Å². The third-order valence-electron chi connectivity index (χ3n) is 5.97. The fourth-order valence-electron chi connectivity index (χ4n) is 3.78. The van der Waals surface area contributed by atoms with Crippen LogP contribution < -0.4 is 15.8 Å². The third-order valence-corrected chi connectivity index (χ3v) is 6.18. The number of halogens is 3. The molecular formula is C27H31ClF2N4O6. The van der Waals surface area contributed by atoms with Gasteiger partial charge in [-0.3, -0.25) is 14.4 Å². The third kappa shape index (κ3) is 8.04. The SMILES string of the molecule is CCO/N=C(\N)c1ccc(CNC(=O)[C@@H]2CCN2C(=O)[C@H](OC(=O)C(C)C)c2cc(Cl)cc(OC(F)F)c2)cc1. The van der Waals surface area contributed by atoms with Crippen LogP contribution in [0, 0.1) is 5.92 Å². The second-order valence-corrected chi connectivity index (χ2v) is 9.65. The van der Waals surface area contributed by atoms with E-state index in [2.05, 4.69) is 15.2 Å². The summed E-state index contributed by atoms with van der Waals surface area (Å²) >= 11 is 6.06. The molecule has 3 rings (SSSR count). The van der Waals surface area contributed by atoms with Crippen molar-refractivity contribution in [3.05, 3.63) is 64.2 Å². The molecule has 0 unspecified atom stereocenters. The largest absolute Gasteiger partial charge is 0.447 e. The Labute approximate surface area is 235 Å². The highest BCUT2D eigenvalue weighted by atomic mass is 35.5. The fourth-order valence-corrected chi connectivity index (χ4v) is 4.01. The maximum atomic E-state index is 13.5. The second-order valence-electron chi connectivity index (χ2n) is 9.22. The molecule has 0 aromatic heterocycles. The van der Waals surface area contributed by atoms with Gasteiger partial charge in [0, 0.05) is 29.2 Å². The number of hydrogen-bond acceptors (Lipinski definition) is 7. The first-order chi connectivity index (χ1) is 19.0. The Hall–Kier alpha value is -3.93. The van der Waals surface area contributed by atoms with Crippen molar-refractivity contribution in [2.45, 2.75) is 52.5 Å². The number of hydrogen-bond donors (Lipinski definition) is 2. The van der Waals surface area contributed by atoms with Crippen LogP contribution in [0.3, 0.4) is 0 Å². The molecule has 40 heavy (non-hydrogen) atoms. The highest BCUT2D eigenvalue weighted by molar-refractivity contribution is 6.30. The number of nitrogens with one attached hydrogen (secondary N) is 1. The van der Waals surface area contributed by atoms with Crippen molar-refractivity contribution in [2.75, 3.05) is 13.2 Å². The topological polar surface area (TPSA) is 133 Å². The zero-order valence-corrected chi connectivity index (χ0v) is 23.0. The number of carbonyl (C=O) groups is 3. The van der Waals surface area contributed by atoms with Crippen LogP contribution in [0.5, 0.6) is 5.75 Å². The normalized spacial score (nSPS) is 15.8. The predicted molar refractivity (Wildman–Crippen MR) is 143 cm³/mol. The number of carbonyl (C=O) groups excluding carboxylic acids is 3. The van der Waals surface area contributed by atoms with Gasteiger partial charge in [0.25, 0.3) is 5.91 Å². The summed E-state index contributed by atoms with van der Waals surface area (Å²) in [7, 11) is 0. The van der Waals surface area contributed by atoms with Crippen LogP contribution >= 0.6 is 11.6 Å². The van der Waals surface area contributed by atoms with Gasteiger partial charge in [-0.15, -0.1) is 0 Å². The quantitative estimate of drug-likeness (QED) is 0.169. The zero-order chi connectivity index (χ0) is 29.4. The Balaban J connectivity index is 1.71. The van der Waals surface area contributed by atoms with Gasteiger partial charge in [-0.2, -0.15) is 8.78 Å². The molecule has 0 aliphatic carbocycles. The number of alkyl halides is 2. The van der Waals surface area contributed by atoms with Crippen LogP contribution in [0.15, 0.2) is 47.6 Å². The molecule has 13 heteroatoms. The highest BCUT2D eigenvalue weighted by Gasteiger charge is 2.42. The van der Waals surface area contributed by atoms with Gasteiger partial charge >= 0.3 is 12.6 Å². The minimum atomic E-state index is -3.13. The van der Waals surface area contributed by atoms with Crippen LogP contribution in [-0.4, -0.2) is 54.3 Å². The van der Waals surface area contributed by atoms with Gasteiger partial charge in [0.2, 0.25) is 12.0 Å². The van der Waals surface area contributed by atoms with E-state index in [-0.39, 0.29) is 35.3 Å². The number of nitrogens with two attached hydrogens (primary N) is 1. The summed E-state index contributed by atoms with van der Waals surface area (Å²) < 4.78 is 35.5. The number of rotatable bonds is 12. The Bertz CT molecular complexity index is 1240. The van der Waals surface area contributed by atoms with Crippen LogP contribution in [0.4, 0.5) is 8.78 Å². The van der Waals surface area contributed by atoms with Gasteiger partial charge in [0.1, 0.15) is 18.4 Å². The van der Waals surface area contributed by atoms with Crippen LogP contribution in [0.1, 0.15) is 50.0 Å². The molecule has 216 valence electrons. The van der Waals surface area contributed by atoms with Crippen molar-refractivity contribution in [3.63, 3.8) is 0 Å². The lowest BCUT2D eigenvalue weighted by atomic mass is 9.98. The van der Waals surface area contributed by atoms with Gasteiger partial charge in [0.05, 0.1) is 5.92 Å². The van der Waals surface area contributed by atoms with E-state index in [0.717, 1.165) is 17.7 Å². The second kappa shape index (κ2) is 13.9. The number of ether oxygens (including phenoxy) is 2. The van der Waals surface area contributed by atoms with E-state index in [1.807, 2.05) is 0 Å². The number of oxime groups is 1. The average Bonchev–Trinajstić information content (AvgIpc) is 2.87. The smallest absolute Gasteiger partial charge is 0.387 e. The van der Waals surface area contributed by atoms with Crippen molar-refractivity contribution >= 4 is 35.2 Å². The average molecular weight is 581 g/mol. The molecule has 0 bridgehead atoms. The summed E-state index contributed by atoms with van der Waals surface area (Å²) in [5.74, 6) is -2.42. The van der Waals surface area contributed by atoms with Gasteiger partial charge in [-0.25, -0.2) is 0 Å². The Morgan fingerprint density at radius 1 is 1.18 bits per heavy atom. The van der Waals surface area contributed by atoms with Gasteiger partial charge in [-0.1, -0.05) is 54.9 Å². The molecule has 1 aliphatic heterocycles. The van der Waals surface area contributed by atoms with Crippen molar-refractivity contribution < 1.29 is 37.5 Å². The predicted octanol–water partition coefficient (Wildman–Crippen LogP) is 3.76. The first kappa shape index (κ1) is 30.6. The molecule has 2 atom stereocenters. The first-order valence-electron chi connectivity index (χ1n) is 12.6. The molecule has 2 aromatic rings. The summed E-state index contributed by atoms with van der Waals surface area (Å²) in [4.78, 5) is 45.1. The number of esters is 1. The standard InChI is InChI=1S/C27H31ClF2N4O6/c1-4-38-33-23(31)17-7-5-16(6-8-17)14-32-24(35)21-9-10-34(21)25(36)22(40-26(37)15(2)3)18-11-19(28)13-20(12-18)39-27(29)30/h5-8,11-13,15,21-22,27H,4,9-10,14H2,1-3H3,(H2,31,33)(H,32,35)/t21-,22+/m0/s1. The summed E-state index contributed by atoms with van der Waals surface area (Å²) in [6.45, 7) is 2.64. The number of benzene rings is 2. The Morgan fingerprint density at radius 3 is 2.45 bits per heavy atom. The lowest BCUT2D eigenvalue weighted by molar-refractivity contribution is -0.168. The van der Waals surface area contributed by atoms with E-state index in [0.29, 0.717) is 18.6 Å². The van der Waals surface area contributed by atoms with Crippen molar-refractivity contribution in [1.29, 1.82) is 0 Å². The van der Waals surface area contributed by atoms with Gasteiger partial charge in [-0.05, 0) is 37.1 Å². The molecule has 0 radical (unpaired) electrons. The van der Waals surface area contributed by atoms with Crippen LogP contribution in [-0.2, 0) is 30.5 Å². The number of nitrogens with zero attached hydrogens (tertiary/aromatic N) is 2. The molecule has 3 N–H and O–H groups in total. The fraction of sp³-hybridized carbons (Fsp3) is 0.407. The Kier molecular flexibility index (Phi) is 10.7. The van der Waals surface area contributed by atoms with Gasteiger partial charge < -0.3 is 30.3 Å². The molecule has 2 amide bonds. The summed E-state index contributed by atoms with van der Waals surface area (Å²) in [5.41, 5.74) is 7.34. The van der Waals surface area contributed by atoms with Crippen molar-refractivity contribution in [3.8, 4) is 5.75 Å². The zero-order valence-electron chi connectivity index (χ0n) is 22.2. The van der Waals surface area contributed by atoms with E-state index in [1.54, 1.807) is 45.0 Å². The van der Waals surface area contributed by atoms with Gasteiger partial charge in [0.15, 0.2) is 5.84 Å². The van der Waals surface area contributed by atoms with Crippen LogP contribution in [0.25, 0.3) is 0 Å². The summed E-state index contributed by atoms with van der Waals surface area (Å²) in [5, 5.41) is 6.57. The maximum absolute atomic E-state index is 13.5. The monoisotopic (exact) mass is 580 g/mol. The van der Waals surface area contributed by atoms with E-state index in [1.165, 1.54) is 11.0 Å². The molecule has 1 aliphatic rings. The van der Waals surface area contributed by atoms with Crippen molar-refractivity contribution in [1.82, 2.24) is 10.2 Å². The van der Waals surface area contributed by atoms with Crippen LogP contribution in [0.2, 0.25) is 5.02 Å². The summed E-state index contributed by atoms with van der Waals surface area (Å²) in [6.07, 6.45) is -1.12. The molecule has 0 spiro atoms. The van der Waals surface area contributed by atoms with E-state index < -0.39 is 42.5 Å². The molecule has 10 nitrogen and oxygen atoms in total. The molecular weight excluding hydrogens is 550 g/mol. The minimum absolute atomic E-state index is 0.00128.